The van der Waals surface area contributed by atoms with Gasteiger partial charge in [0, 0.05) is 34.5 Å². The van der Waals surface area contributed by atoms with Crippen LogP contribution < -0.4 is 10.6 Å². The molecule has 0 radical (unpaired) electrons. The first kappa shape index (κ1) is 22.5. The number of anilines is 3. The van der Waals surface area contributed by atoms with Gasteiger partial charge >= 0.3 is 0 Å². The van der Waals surface area contributed by atoms with E-state index in [4.69, 9.17) is 5.10 Å². The third-order valence-electron chi connectivity index (χ3n) is 4.63. The van der Waals surface area contributed by atoms with Crippen LogP contribution in [0.5, 0.6) is 0 Å². The van der Waals surface area contributed by atoms with Crippen molar-refractivity contribution in [3.8, 4) is 0 Å². The van der Waals surface area contributed by atoms with Gasteiger partial charge in [-0.05, 0) is 51.1 Å². The zero-order valence-electron chi connectivity index (χ0n) is 18.7. The maximum absolute atomic E-state index is 13.4. The first-order valence-corrected chi connectivity index (χ1v) is 10.1. The van der Waals surface area contributed by atoms with E-state index in [-0.39, 0.29) is 22.5 Å². The molecule has 0 aliphatic carbocycles. The second-order valence-corrected chi connectivity index (χ2v) is 9.57. The normalized spacial score (nSPS) is 12.0. The van der Waals surface area contributed by atoms with Gasteiger partial charge in [0.15, 0.2) is 0 Å². The average molecular weight is 427 g/mol. The molecule has 0 unspecified atom stereocenters. The summed E-state index contributed by atoms with van der Waals surface area (Å²) >= 11 is 0. The predicted octanol–water partition coefficient (Wildman–Crippen LogP) is 6.21. The number of halogens is 2. The highest BCUT2D eigenvalue weighted by Gasteiger charge is 2.26. The monoisotopic (exact) mass is 426 g/mol. The molecule has 2 N–H and O–H groups in total. The Morgan fingerprint density at radius 3 is 2.13 bits per heavy atom. The number of nitrogens with one attached hydrogen (secondary N) is 2. The number of amides is 1. The van der Waals surface area contributed by atoms with Gasteiger partial charge in [0.2, 0.25) is 0 Å². The van der Waals surface area contributed by atoms with Gasteiger partial charge in [-0.1, -0.05) is 26.8 Å². The van der Waals surface area contributed by atoms with E-state index in [1.54, 1.807) is 24.3 Å². The zero-order valence-corrected chi connectivity index (χ0v) is 18.7. The van der Waals surface area contributed by atoms with Crippen molar-refractivity contribution >= 4 is 23.1 Å². The van der Waals surface area contributed by atoms with Gasteiger partial charge in [0.05, 0.1) is 11.2 Å². The summed E-state index contributed by atoms with van der Waals surface area (Å²) in [5.74, 6) is -1.06. The quantitative estimate of drug-likeness (QED) is 0.521. The Morgan fingerprint density at radius 2 is 1.55 bits per heavy atom. The zero-order chi connectivity index (χ0) is 23.0. The molecule has 2 aromatic carbocycles. The van der Waals surface area contributed by atoms with Crippen molar-refractivity contribution in [3.05, 3.63) is 71.4 Å². The average Bonchev–Trinajstić information content (AvgIpc) is 3.05. The number of carbonyl (C=O) groups is 1. The summed E-state index contributed by atoms with van der Waals surface area (Å²) in [4.78, 5) is 13.0. The topological polar surface area (TPSA) is 59.0 Å². The molecule has 7 heteroatoms. The lowest BCUT2D eigenvalue weighted by atomic mass is 9.92. The van der Waals surface area contributed by atoms with Crippen molar-refractivity contribution in [2.24, 2.45) is 0 Å². The van der Waals surface area contributed by atoms with E-state index >= 15 is 0 Å². The van der Waals surface area contributed by atoms with Gasteiger partial charge in [-0.15, -0.1) is 0 Å². The van der Waals surface area contributed by atoms with Crippen LogP contribution in [0.3, 0.4) is 0 Å². The standard InChI is InChI=1S/C24H28F2N4O/c1-23(2,3)20-14-21(30(29-20)24(4,5)6)28-22(31)15-8-7-9-18(10-15)27-19-12-16(25)11-17(26)13-19/h7-14,27H,1-6H3,(H,28,31). The van der Waals surface area contributed by atoms with Crippen LogP contribution >= 0.6 is 0 Å². The fourth-order valence-corrected chi connectivity index (χ4v) is 3.07. The lowest BCUT2D eigenvalue weighted by Crippen LogP contribution is -2.27. The molecule has 0 aliphatic heterocycles. The number of aromatic nitrogens is 2. The van der Waals surface area contributed by atoms with Crippen LogP contribution in [-0.4, -0.2) is 15.7 Å². The summed E-state index contributed by atoms with van der Waals surface area (Å²) in [7, 11) is 0. The van der Waals surface area contributed by atoms with Crippen LogP contribution in [0.4, 0.5) is 26.0 Å². The Hall–Kier alpha value is -3.22. The largest absolute Gasteiger partial charge is 0.355 e. The molecule has 1 aromatic heterocycles. The Kier molecular flexibility index (Phi) is 5.89. The number of hydrogen-bond donors (Lipinski definition) is 2. The molecule has 0 bridgehead atoms. The van der Waals surface area contributed by atoms with Gasteiger partial charge in [-0.2, -0.15) is 5.10 Å². The van der Waals surface area contributed by atoms with Crippen molar-refractivity contribution in [1.29, 1.82) is 0 Å². The van der Waals surface area contributed by atoms with E-state index in [0.29, 0.717) is 17.1 Å². The van der Waals surface area contributed by atoms with Crippen molar-refractivity contribution in [3.63, 3.8) is 0 Å². The van der Waals surface area contributed by atoms with Crippen molar-refractivity contribution < 1.29 is 13.6 Å². The summed E-state index contributed by atoms with van der Waals surface area (Å²) in [6.07, 6.45) is 0. The smallest absolute Gasteiger partial charge is 0.256 e. The molecule has 1 amide bonds. The summed E-state index contributed by atoms with van der Waals surface area (Å²) in [6, 6.07) is 11.8. The van der Waals surface area contributed by atoms with E-state index in [1.807, 2.05) is 31.5 Å². The number of hydrogen-bond acceptors (Lipinski definition) is 3. The Morgan fingerprint density at radius 1 is 0.903 bits per heavy atom. The minimum Gasteiger partial charge on any atom is -0.355 e. The Balaban J connectivity index is 1.86. The van der Waals surface area contributed by atoms with Gasteiger partial charge in [-0.3, -0.25) is 4.79 Å². The number of benzene rings is 2. The molecule has 0 saturated heterocycles. The van der Waals surface area contributed by atoms with Gasteiger partial charge < -0.3 is 10.6 Å². The van der Waals surface area contributed by atoms with Crippen LogP contribution in [0.2, 0.25) is 0 Å². The lowest BCUT2D eigenvalue weighted by Gasteiger charge is -2.23. The summed E-state index contributed by atoms with van der Waals surface area (Å²) in [5, 5.41) is 10.6. The summed E-state index contributed by atoms with van der Waals surface area (Å²) in [6.45, 7) is 12.3. The van der Waals surface area contributed by atoms with E-state index in [9.17, 15) is 13.6 Å². The molecule has 164 valence electrons. The molecule has 0 saturated carbocycles. The Bertz CT molecular complexity index is 1090. The third-order valence-corrected chi connectivity index (χ3v) is 4.63. The fourth-order valence-electron chi connectivity index (χ4n) is 3.07. The summed E-state index contributed by atoms with van der Waals surface area (Å²) < 4.78 is 28.7. The molecule has 3 rings (SSSR count). The molecule has 3 aromatic rings. The Labute approximate surface area is 181 Å². The fraction of sp³-hybridized carbons (Fsp3) is 0.333. The second-order valence-electron chi connectivity index (χ2n) is 9.57. The maximum atomic E-state index is 13.4. The highest BCUT2D eigenvalue weighted by molar-refractivity contribution is 6.04. The molecular formula is C24H28F2N4O. The SMILES string of the molecule is CC(C)(C)c1cc(NC(=O)c2cccc(Nc3cc(F)cc(F)c3)c2)n(C(C)(C)C)n1. The molecule has 0 aliphatic rings. The van der Waals surface area contributed by atoms with E-state index in [1.165, 1.54) is 12.1 Å². The highest BCUT2D eigenvalue weighted by atomic mass is 19.1. The molecule has 5 nitrogen and oxygen atoms in total. The second kappa shape index (κ2) is 8.13. The van der Waals surface area contributed by atoms with Gasteiger partial charge in [0.25, 0.3) is 5.91 Å². The van der Waals surface area contributed by atoms with E-state index < -0.39 is 11.6 Å². The number of rotatable bonds is 4. The molecule has 31 heavy (non-hydrogen) atoms. The highest BCUT2D eigenvalue weighted by Crippen LogP contribution is 2.29. The molecule has 0 spiro atoms. The molecule has 1 heterocycles. The van der Waals surface area contributed by atoms with Gasteiger partial charge in [0.1, 0.15) is 17.5 Å². The molecular weight excluding hydrogens is 398 g/mol. The van der Waals surface area contributed by atoms with E-state index in [0.717, 1.165) is 11.8 Å². The number of nitrogens with zero attached hydrogens (tertiary/aromatic N) is 2. The maximum Gasteiger partial charge on any atom is 0.256 e. The summed E-state index contributed by atoms with van der Waals surface area (Å²) in [5.41, 5.74) is 1.59. The van der Waals surface area contributed by atoms with Crippen molar-refractivity contribution in [1.82, 2.24) is 9.78 Å². The van der Waals surface area contributed by atoms with E-state index in [2.05, 4.69) is 31.4 Å². The molecule has 0 fully saturated rings. The lowest BCUT2D eigenvalue weighted by molar-refractivity contribution is 0.102. The van der Waals surface area contributed by atoms with Crippen LogP contribution in [-0.2, 0) is 11.0 Å². The minimum absolute atomic E-state index is 0.167. The van der Waals surface area contributed by atoms with Crippen LogP contribution in [0.15, 0.2) is 48.5 Å². The minimum atomic E-state index is -0.679. The first-order valence-electron chi connectivity index (χ1n) is 10.1. The van der Waals surface area contributed by atoms with Crippen LogP contribution in [0.25, 0.3) is 0 Å². The van der Waals surface area contributed by atoms with Crippen LogP contribution in [0.1, 0.15) is 57.6 Å². The first-order chi connectivity index (χ1) is 14.3. The predicted molar refractivity (Wildman–Crippen MR) is 120 cm³/mol. The van der Waals surface area contributed by atoms with Crippen LogP contribution in [0, 0.1) is 11.6 Å². The van der Waals surface area contributed by atoms with Crippen molar-refractivity contribution in [2.45, 2.75) is 52.5 Å². The molecule has 0 atom stereocenters. The third kappa shape index (κ3) is 5.48. The number of carbonyl (C=O) groups excluding carboxylic acids is 1. The van der Waals surface area contributed by atoms with Crippen molar-refractivity contribution in [2.75, 3.05) is 10.6 Å². The van der Waals surface area contributed by atoms with Gasteiger partial charge in [-0.25, -0.2) is 13.5 Å².